The lowest BCUT2D eigenvalue weighted by atomic mass is 9.96. The molecule has 55 heavy (non-hydrogen) atoms. The number of para-hydroxylation sites is 2. The molecule has 0 aliphatic heterocycles. The van der Waals surface area contributed by atoms with Crippen LogP contribution in [0.3, 0.4) is 0 Å². The number of anilines is 6. The second-order valence-electron chi connectivity index (χ2n) is 13.5. The third-order valence-electron chi connectivity index (χ3n) is 10.1. The summed E-state index contributed by atoms with van der Waals surface area (Å²) in [6.07, 6.45) is 0.833. The smallest absolute Gasteiger partial charge is 0.147 e. The Labute approximate surface area is 316 Å². The molecule has 6 heteroatoms. The number of hydrogen-bond donors (Lipinski definition) is 0. The summed E-state index contributed by atoms with van der Waals surface area (Å²) in [7, 11) is 0. The normalized spacial score (nSPS) is 11.6. The number of halogens is 4. The highest BCUT2D eigenvalue weighted by Gasteiger charge is 2.22. The Bertz CT molecular complexity index is 2500. The van der Waals surface area contributed by atoms with E-state index in [0.717, 1.165) is 28.7 Å². The van der Waals surface area contributed by atoms with Crippen LogP contribution in [0.1, 0.15) is 11.1 Å². The minimum absolute atomic E-state index is 0.328. The highest BCUT2D eigenvalue weighted by atomic mass is 19.1. The van der Waals surface area contributed by atoms with Crippen LogP contribution >= 0.6 is 0 Å². The molecule has 0 radical (unpaired) electrons. The van der Waals surface area contributed by atoms with Crippen LogP contribution < -0.4 is 9.80 Å². The van der Waals surface area contributed by atoms with Crippen molar-refractivity contribution in [3.8, 4) is 33.4 Å². The molecule has 0 saturated carbocycles. The second-order valence-corrected chi connectivity index (χ2v) is 13.5. The quantitative estimate of drug-likeness (QED) is 0.144. The molecular weight excluding hydrogens is 693 g/mol. The molecule has 0 bridgehead atoms. The fourth-order valence-electron chi connectivity index (χ4n) is 7.48. The molecule has 266 valence electrons. The minimum atomic E-state index is -0.406. The van der Waals surface area contributed by atoms with Crippen LogP contribution in [0.25, 0.3) is 33.4 Å². The summed E-state index contributed by atoms with van der Waals surface area (Å²) in [5.74, 6) is -1.61. The van der Waals surface area contributed by atoms with E-state index in [0.29, 0.717) is 34.1 Å². The van der Waals surface area contributed by atoms with Crippen molar-refractivity contribution >= 4 is 34.1 Å². The number of benzene rings is 8. The van der Waals surface area contributed by atoms with Crippen LogP contribution in [0.15, 0.2) is 182 Å². The Morgan fingerprint density at radius 1 is 0.327 bits per heavy atom. The molecule has 0 unspecified atom stereocenters. The average molecular weight is 725 g/mol. The van der Waals surface area contributed by atoms with E-state index >= 15 is 8.78 Å². The van der Waals surface area contributed by atoms with Crippen LogP contribution in [-0.4, -0.2) is 0 Å². The highest BCUT2D eigenvalue weighted by Crippen LogP contribution is 2.43. The first-order chi connectivity index (χ1) is 26.9. The number of nitrogens with zero attached hydrogens (tertiary/aromatic N) is 2. The van der Waals surface area contributed by atoms with Gasteiger partial charge in [-0.25, -0.2) is 17.6 Å². The molecule has 1 aliphatic rings. The fraction of sp³-hybridized carbons (Fsp3) is 0.0204. The molecule has 0 saturated heterocycles. The van der Waals surface area contributed by atoms with Crippen molar-refractivity contribution in [1.82, 2.24) is 0 Å². The van der Waals surface area contributed by atoms with Crippen LogP contribution in [0.5, 0.6) is 0 Å². The van der Waals surface area contributed by atoms with E-state index < -0.39 is 23.3 Å². The van der Waals surface area contributed by atoms with E-state index in [-0.39, 0.29) is 0 Å². The molecule has 0 fully saturated rings. The summed E-state index contributed by atoms with van der Waals surface area (Å²) in [6.45, 7) is 0. The molecule has 0 N–H and O–H groups in total. The molecule has 2 nitrogen and oxygen atoms in total. The Morgan fingerprint density at radius 2 is 0.727 bits per heavy atom. The number of hydrogen-bond acceptors (Lipinski definition) is 2. The highest BCUT2D eigenvalue weighted by molar-refractivity contribution is 5.86. The van der Waals surface area contributed by atoms with E-state index in [4.69, 9.17) is 0 Å². The molecule has 8 aromatic rings. The first kappa shape index (κ1) is 33.9. The van der Waals surface area contributed by atoms with Crippen LogP contribution in [0.4, 0.5) is 51.7 Å². The monoisotopic (exact) mass is 724 g/mol. The molecule has 8 aromatic carbocycles. The zero-order valence-electron chi connectivity index (χ0n) is 29.4. The van der Waals surface area contributed by atoms with Crippen molar-refractivity contribution in [2.45, 2.75) is 6.42 Å². The molecule has 9 rings (SSSR count). The minimum Gasteiger partial charge on any atom is -0.308 e. The van der Waals surface area contributed by atoms with Gasteiger partial charge in [-0.2, -0.15) is 0 Å². The molecule has 0 aromatic heterocycles. The van der Waals surface area contributed by atoms with Crippen molar-refractivity contribution in [3.63, 3.8) is 0 Å². The zero-order chi connectivity index (χ0) is 37.5. The van der Waals surface area contributed by atoms with Crippen molar-refractivity contribution in [2.75, 3.05) is 9.80 Å². The fourth-order valence-corrected chi connectivity index (χ4v) is 7.48. The van der Waals surface area contributed by atoms with Gasteiger partial charge >= 0.3 is 0 Å². The lowest BCUT2D eigenvalue weighted by Crippen LogP contribution is -2.11. The maximum Gasteiger partial charge on any atom is 0.147 e. The van der Waals surface area contributed by atoms with Gasteiger partial charge in [-0.15, -0.1) is 0 Å². The molecule has 0 heterocycles. The lowest BCUT2D eigenvalue weighted by molar-refractivity contribution is 0.624. The summed E-state index contributed by atoms with van der Waals surface area (Å²) in [4.78, 5) is 3.43. The summed E-state index contributed by atoms with van der Waals surface area (Å²) >= 11 is 0. The Hall–Kier alpha value is -6.92. The third-order valence-corrected chi connectivity index (χ3v) is 10.1. The standard InChI is InChI=1S/C49H32F4N2/c50-38-7-5-9-42(30-38)54(48-13-3-1-11-46(48)52)40-23-19-32(20-24-40)34-15-17-36-27-37-18-16-35(29-45(37)44(36)28-34)33-21-25-41(26-22-33)55(43-10-6-8-39(51)31-43)49-14-4-2-12-47(49)53/h1-26,28-31H,27H2. The first-order valence-corrected chi connectivity index (χ1v) is 18.0. The predicted octanol–water partition coefficient (Wildman–Crippen LogP) is 14.1. The molecule has 0 amide bonds. The molecule has 0 atom stereocenters. The zero-order valence-corrected chi connectivity index (χ0v) is 29.4. The van der Waals surface area contributed by atoms with Gasteiger partial charge in [0.25, 0.3) is 0 Å². The maximum atomic E-state index is 15.1. The molecule has 1 aliphatic carbocycles. The lowest BCUT2D eigenvalue weighted by Gasteiger charge is -2.26. The van der Waals surface area contributed by atoms with Gasteiger partial charge in [-0.05, 0) is 148 Å². The second kappa shape index (κ2) is 14.1. The van der Waals surface area contributed by atoms with Crippen molar-refractivity contribution in [3.05, 3.63) is 216 Å². The van der Waals surface area contributed by atoms with E-state index in [1.54, 1.807) is 70.5 Å². The van der Waals surface area contributed by atoms with Crippen LogP contribution in [0.2, 0.25) is 0 Å². The van der Waals surface area contributed by atoms with E-state index in [9.17, 15) is 8.78 Å². The third kappa shape index (κ3) is 6.53. The SMILES string of the molecule is Fc1cccc(N(c2ccc(-c3ccc4c(c3)-c3cc(-c5ccc(N(c6cccc(F)c6)c6ccccc6F)cc5)ccc3C4)cc2)c2ccccc2F)c1. The van der Waals surface area contributed by atoms with Crippen molar-refractivity contribution in [2.24, 2.45) is 0 Å². The molecular formula is C49H32F4N2. The summed E-state index contributed by atoms with van der Waals surface area (Å²) < 4.78 is 58.8. The molecule has 0 spiro atoms. The van der Waals surface area contributed by atoms with Crippen LogP contribution in [-0.2, 0) is 6.42 Å². The van der Waals surface area contributed by atoms with Gasteiger partial charge in [-0.3, -0.25) is 0 Å². The summed E-state index contributed by atoms with van der Waals surface area (Å²) in [5, 5.41) is 0. The van der Waals surface area contributed by atoms with Gasteiger partial charge in [0.2, 0.25) is 0 Å². The van der Waals surface area contributed by atoms with Gasteiger partial charge in [0.15, 0.2) is 0 Å². The maximum absolute atomic E-state index is 15.1. The van der Waals surface area contributed by atoms with Gasteiger partial charge in [-0.1, -0.05) is 84.9 Å². The first-order valence-electron chi connectivity index (χ1n) is 18.0. The largest absolute Gasteiger partial charge is 0.308 e. The Balaban J connectivity index is 1.02. The van der Waals surface area contributed by atoms with Gasteiger partial charge in [0, 0.05) is 22.7 Å². The van der Waals surface area contributed by atoms with Gasteiger partial charge in [0.1, 0.15) is 23.3 Å². The van der Waals surface area contributed by atoms with E-state index in [1.165, 1.54) is 58.7 Å². The topological polar surface area (TPSA) is 6.48 Å². The summed E-state index contributed by atoms with van der Waals surface area (Å²) in [6, 6.07) is 54.0. The predicted molar refractivity (Wildman–Crippen MR) is 215 cm³/mol. The van der Waals surface area contributed by atoms with Gasteiger partial charge in [0.05, 0.1) is 11.4 Å². The summed E-state index contributed by atoms with van der Waals surface area (Å²) in [5.41, 5.74) is 12.0. The van der Waals surface area contributed by atoms with Crippen molar-refractivity contribution in [1.29, 1.82) is 0 Å². The number of rotatable bonds is 8. The van der Waals surface area contributed by atoms with E-state index in [1.807, 2.05) is 48.5 Å². The van der Waals surface area contributed by atoms with E-state index in [2.05, 4.69) is 36.4 Å². The van der Waals surface area contributed by atoms with Crippen LogP contribution in [0, 0.1) is 23.3 Å². The Morgan fingerprint density at radius 3 is 1.13 bits per heavy atom. The van der Waals surface area contributed by atoms with Crippen molar-refractivity contribution < 1.29 is 17.6 Å². The average Bonchev–Trinajstić information content (AvgIpc) is 3.58. The Kier molecular flexibility index (Phi) is 8.71. The number of fused-ring (bicyclic) bond motifs is 3. The van der Waals surface area contributed by atoms with Gasteiger partial charge < -0.3 is 9.80 Å².